The lowest BCUT2D eigenvalue weighted by Crippen LogP contribution is -2.42. The van der Waals surface area contributed by atoms with Crippen LogP contribution in [-0.4, -0.2) is 43.7 Å². The summed E-state index contributed by atoms with van der Waals surface area (Å²) in [5.41, 5.74) is 0.961. The number of benzene rings is 1. The van der Waals surface area contributed by atoms with Crippen LogP contribution in [0.15, 0.2) is 18.2 Å². The first kappa shape index (κ1) is 18.2. The molecule has 4 nitrogen and oxygen atoms in total. The van der Waals surface area contributed by atoms with Crippen LogP contribution in [0.3, 0.4) is 0 Å². The smallest absolute Gasteiger partial charge is 0.237 e. The third kappa shape index (κ3) is 6.22. The second-order valence-corrected chi connectivity index (χ2v) is 5.85. The molecule has 0 aromatic heterocycles. The Morgan fingerprint density at radius 2 is 2.05 bits per heavy atom. The highest BCUT2D eigenvalue weighted by atomic mass is 35.5. The lowest BCUT2D eigenvalue weighted by Gasteiger charge is -2.27. The molecule has 0 aliphatic heterocycles. The quantitative estimate of drug-likeness (QED) is 0.744. The Bertz CT molecular complexity index is 467. The zero-order valence-electron chi connectivity index (χ0n) is 12.7. The van der Waals surface area contributed by atoms with Gasteiger partial charge in [0.25, 0.3) is 0 Å². The van der Waals surface area contributed by atoms with E-state index in [1.807, 2.05) is 19.9 Å². The second-order valence-electron chi connectivity index (χ2n) is 5.03. The number of hydrogen-bond acceptors (Lipinski definition) is 3. The summed E-state index contributed by atoms with van der Waals surface area (Å²) in [5, 5.41) is 4.09. The molecule has 0 saturated heterocycles. The van der Waals surface area contributed by atoms with Crippen LogP contribution >= 0.6 is 23.2 Å². The molecule has 0 heterocycles. The van der Waals surface area contributed by atoms with Gasteiger partial charge in [-0.15, -0.1) is 0 Å². The third-order valence-electron chi connectivity index (χ3n) is 3.04. The van der Waals surface area contributed by atoms with E-state index in [1.165, 1.54) is 0 Å². The minimum atomic E-state index is 0.0483. The number of hydrogen-bond donors (Lipinski definition) is 1. The number of rotatable bonds is 8. The lowest BCUT2D eigenvalue weighted by atomic mass is 10.2. The molecule has 1 amide bonds. The molecule has 1 aromatic carbocycles. The summed E-state index contributed by atoms with van der Waals surface area (Å²) < 4.78 is 4.94. The van der Waals surface area contributed by atoms with Crippen molar-refractivity contribution in [3.05, 3.63) is 33.8 Å². The fraction of sp³-hybridized carbons (Fsp3) is 0.533. The van der Waals surface area contributed by atoms with Crippen LogP contribution in [0.5, 0.6) is 0 Å². The van der Waals surface area contributed by atoms with Crippen LogP contribution in [0, 0.1) is 0 Å². The standard InChI is InChI=1S/C15H22Cl2N2O2/c1-11(2)19(15(20)9-18-6-7-21-3)10-12-4-5-13(16)14(17)8-12/h4-5,8,11,18H,6-7,9-10H2,1-3H3. The molecule has 21 heavy (non-hydrogen) atoms. The molecule has 118 valence electrons. The van der Waals surface area contributed by atoms with Gasteiger partial charge in [0, 0.05) is 26.2 Å². The maximum Gasteiger partial charge on any atom is 0.237 e. The molecular weight excluding hydrogens is 311 g/mol. The minimum absolute atomic E-state index is 0.0483. The van der Waals surface area contributed by atoms with Crippen molar-refractivity contribution in [2.75, 3.05) is 26.8 Å². The van der Waals surface area contributed by atoms with Gasteiger partial charge in [-0.05, 0) is 31.5 Å². The van der Waals surface area contributed by atoms with Gasteiger partial charge in [-0.25, -0.2) is 0 Å². The Hall–Kier alpha value is -0.810. The van der Waals surface area contributed by atoms with Crippen molar-refractivity contribution in [2.45, 2.75) is 26.4 Å². The van der Waals surface area contributed by atoms with Crippen molar-refractivity contribution in [1.82, 2.24) is 10.2 Å². The molecule has 0 radical (unpaired) electrons. The van der Waals surface area contributed by atoms with Gasteiger partial charge >= 0.3 is 0 Å². The molecular formula is C15H22Cl2N2O2. The van der Waals surface area contributed by atoms with Gasteiger partial charge in [-0.3, -0.25) is 4.79 Å². The first-order valence-electron chi connectivity index (χ1n) is 6.88. The van der Waals surface area contributed by atoms with Crippen LogP contribution in [0.4, 0.5) is 0 Å². The van der Waals surface area contributed by atoms with E-state index in [4.69, 9.17) is 27.9 Å². The first-order chi connectivity index (χ1) is 9.95. The molecule has 0 bridgehead atoms. The van der Waals surface area contributed by atoms with E-state index in [2.05, 4.69) is 5.32 Å². The van der Waals surface area contributed by atoms with Crippen molar-refractivity contribution in [1.29, 1.82) is 0 Å². The summed E-state index contributed by atoms with van der Waals surface area (Å²) in [7, 11) is 1.63. The molecule has 0 unspecified atom stereocenters. The highest BCUT2D eigenvalue weighted by Gasteiger charge is 2.17. The highest BCUT2D eigenvalue weighted by Crippen LogP contribution is 2.23. The predicted octanol–water partition coefficient (Wildman–Crippen LogP) is 2.97. The maximum absolute atomic E-state index is 12.3. The molecule has 1 N–H and O–H groups in total. The van der Waals surface area contributed by atoms with E-state index in [-0.39, 0.29) is 11.9 Å². The Kier molecular flexibility index (Phi) is 8.04. The number of carbonyl (C=O) groups excluding carboxylic acids is 1. The van der Waals surface area contributed by atoms with Crippen LogP contribution in [0.25, 0.3) is 0 Å². The van der Waals surface area contributed by atoms with Crippen molar-refractivity contribution in [2.24, 2.45) is 0 Å². The normalized spacial score (nSPS) is 11.0. The van der Waals surface area contributed by atoms with E-state index >= 15 is 0 Å². The van der Waals surface area contributed by atoms with Gasteiger partial charge in [0.15, 0.2) is 0 Å². The molecule has 0 aliphatic carbocycles. The maximum atomic E-state index is 12.3. The topological polar surface area (TPSA) is 41.6 Å². The average Bonchev–Trinajstić information content (AvgIpc) is 2.44. The zero-order chi connectivity index (χ0) is 15.8. The molecule has 0 fully saturated rings. The fourth-order valence-corrected chi connectivity index (χ4v) is 2.19. The Morgan fingerprint density at radius 1 is 1.33 bits per heavy atom. The van der Waals surface area contributed by atoms with E-state index < -0.39 is 0 Å². The Morgan fingerprint density at radius 3 is 2.62 bits per heavy atom. The molecule has 0 spiro atoms. The number of methoxy groups -OCH3 is 1. The summed E-state index contributed by atoms with van der Waals surface area (Å²) in [6, 6.07) is 5.54. The van der Waals surface area contributed by atoms with Gasteiger partial charge in [-0.2, -0.15) is 0 Å². The van der Waals surface area contributed by atoms with Crippen molar-refractivity contribution in [3.8, 4) is 0 Å². The largest absolute Gasteiger partial charge is 0.383 e. The summed E-state index contributed by atoms with van der Waals surface area (Å²) in [6.45, 7) is 6.03. The van der Waals surface area contributed by atoms with Crippen LogP contribution < -0.4 is 5.32 Å². The van der Waals surface area contributed by atoms with Crippen LogP contribution in [-0.2, 0) is 16.1 Å². The molecule has 0 atom stereocenters. The molecule has 1 rings (SSSR count). The highest BCUT2D eigenvalue weighted by molar-refractivity contribution is 6.42. The number of halogens is 2. The third-order valence-corrected chi connectivity index (χ3v) is 3.78. The number of amides is 1. The number of carbonyl (C=O) groups is 1. The van der Waals surface area contributed by atoms with Crippen LogP contribution in [0.1, 0.15) is 19.4 Å². The van der Waals surface area contributed by atoms with Crippen molar-refractivity contribution >= 4 is 29.1 Å². The van der Waals surface area contributed by atoms with E-state index in [1.54, 1.807) is 24.1 Å². The number of ether oxygens (including phenoxy) is 1. The van der Waals surface area contributed by atoms with Gasteiger partial charge in [-0.1, -0.05) is 29.3 Å². The SMILES string of the molecule is COCCNCC(=O)N(Cc1ccc(Cl)c(Cl)c1)C(C)C. The summed E-state index contributed by atoms with van der Waals surface area (Å²) in [5.74, 6) is 0.0483. The van der Waals surface area contributed by atoms with E-state index in [9.17, 15) is 4.79 Å². The average molecular weight is 333 g/mol. The van der Waals surface area contributed by atoms with Crippen molar-refractivity contribution in [3.63, 3.8) is 0 Å². The monoisotopic (exact) mass is 332 g/mol. The Balaban J connectivity index is 2.64. The zero-order valence-corrected chi connectivity index (χ0v) is 14.2. The number of nitrogens with one attached hydrogen (secondary N) is 1. The molecule has 6 heteroatoms. The van der Waals surface area contributed by atoms with E-state index in [0.717, 1.165) is 5.56 Å². The van der Waals surface area contributed by atoms with Gasteiger partial charge in [0.05, 0.1) is 23.2 Å². The molecule has 1 aromatic rings. The summed E-state index contributed by atoms with van der Waals surface area (Å²) in [4.78, 5) is 14.1. The number of nitrogens with zero attached hydrogens (tertiary/aromatic N) is 1. The van der Waals surface area contributed by atoms with Crippen molar-refractivity contribution < 1.29 is 9.53 Å². The molecule has 0 saturated carbocycles. The molecule has 0 aliphatic rings. The van der Waals surface area contributed by atoms with Gasteiger partial charge < -0.3 is 15.0 Å². The summed E-state index contributed by atoms with van der Waals surface area (Å²) in [6.07, 6.45) is 0. The van der Waals surface area contributed by atoms with E-state index in [0.29, 0.717) is 36.3 Å². The van der Waals surface area contributed by atoms with Gasteiger partial charge in [0.1, 0.15) is 0 Å². The minimum Gasteiger partial charge on any atom is -0.383 e. The Labute approximate surface area is 136 Å². The summed E-state index contributed by atoms with van der Waals surface area (Å²) >= 11 is 11.9. The predicted molar refractivity (Wildman–Crippen MR) is 86.9 cm³/mol. The van der Waals surface area contributed by atoms with Gasteiger partial charge in [0.2, 0.25) is 5.91 Å². The first-order valence-corrected chi connectivity index (χ1v) is 7.64. The van der Waals surface area contributed by atoms with Crippen LogP contribution in [0.2, 0.25) is 10.0 Å². The lowest BCUT2D eigenvalue weighted by molar-refractivity contribution is -0.132. The fourth-order valence-electron chi connectivity index (χ4n) is 1.86. The second kappa shape index (κ2) is 9.26.